The summed E-state index contributed by atoms with van der Waals surface area (Å²) in [6.07, 6.45) is 0. The Balaban J connectivity index is 1.40. The van der Waals surface area contributed by atoms with Gasteiger partial charge in [0.2, 0.25) is 0 Å². The summed E-state index contributed by atoms with van der Waals surface area (Å²) in [5, 5.41) is 0. The van der Waals surface area contributed by atoms with Crippen molar-refractivity contribution in [3.8, 4) is 5.69 Å². The van der Waals surface area contributed by atoms with Gasteiger partial charge >= 0.3 is 0 Å². The van der Waals surface area contributed by atoms with Gasteiger partial charge in [0.15, 0.2) is 0 Å². The number of hydrogen-bond donors (Lipinski definition) is 0. The molecule has 0 unspecified atom stereocenters. The number of benzene rings is 7. The Morgan fingerprint density at radius 3 is 1.39 bits per heavy atom. The summed E-state index contributed by atoms with van der Waals surface area (Å²) in [6, 6.07) is 53.8. The molecule has 0 N–H and O–H groups in total. The van der Waals surface area contributed by atoms with Crippen LogP contribution in [0.1, 0.15) is 0 Å². The highest BCUT2D eigenvalue weighted by Crippen LogP contribution is 2.53. The van der Waals surface area contributed by atoms with E-state index in [1.165, 1.54) is 89.8 Å². The van der Waals surface area contributed by atoms with Crippen molar-refractivity contribution in [2.24, 2.45) is 0 Å². The normalized spacial score (nSPS) is 13.2. The molecule has 5 heterocycles. The standard InChI is InChI=1S/C42H24N4S3/c1-5-17-34-26(11-1)43(27-12-2-6-18-35(27)47-34)25-23-32-40-33(24-25)45-29-14-4-8-20-37(29)49-39-22-10-16-31(42(39)45)46(40)30-15-9-21-38-41(30)44(32)28-13-3-7-19-36(28)48-38/h1-24H. The summed E-state index contributed by atoms with van der Waals surface area (Å²) in [6.45, 7) is 0. The molecule has 0 radical (unpaired) electrons. The largest absolute Gasteiger partial charge is 0.308 e. The molecule has 0 amide bonds. The quantitative estimate of drug-likeness (QED) is 0.127. The number of nitrogens with zero attached hydrogens (tertiary/aromatic N) is 4. The highest BCUT2D eigenvalue weighted by Gasteiger charge is 2.29. The average molecular weight is 681 g/mol. The van der Waals surface area contributed by atoms with Crippen molar-refractivity contribution in [1.29, 1.82) is 0 Å². The van der Waals surface area contributed by atoms with Gasteiger partial charge in [0.1, 0.15) is 0 Å². The molecule has 3 aliphatic heterocycles. The predicted molar refractivity (Wildman–Crippen MR) is 210 cm³/mol. The molecule has 0 bridgehead atoms. The third kappa shape index (κ3) is 3.44. The summed E-state index contributed by atoms with van der Waals surface area (Å²) in [5.74, 6) is 0. The summed E-state index contributed by atoms with van der Waals surface area (Å²) in [4.78, 5) is 4.99. The first-order valence-electron chi connectivity index (χ1n) is 16.4. The van der Waals surface area contributed by atoms with Gasteiger partial charge in [-0.2, -0.15) is 0 Å². The van der Waals surface area contributed by atoms with E-state index in [4.69, 9.17) is 0 Å². The van der Waals surface area contributed by atoms with Crippen molar-refractivity contribution in [3.63, 3.8) is 0 Å². The maximum absolute atomic E-state index is 2.54. The highest BCUT2D eigenvalue weighted by molar-refractivity contribution is 7.99. The van der Waals surface area contributed by atoms with Gasteiger partial charge in [-0.1, -0.05) is 72.4 Å². The van der Waals surface area contributed by atoms with E-state index in [-0.39, 0.29) is 0 Å². The van der Waals surface area contributed by atoms with Gasteiger partial charge in [-0.15, -0.1) is 22.7 Å². The van der Waals surface area contributed by atoms with Crippen molar-refractivity contribution in [2.45, 2.75) is 9.79 Å². The Kier molecular flexibility index (Phi) is 5.17. The fraction of sp³-hybridized carbons (Fsp3) is 0. The van der Waals surface area contributed by atoms with Crippen LogP contribution in [-0.4, -0.2) is 13.4 Å². The number of para-hydroxylation sites is 6. The first-order chi connectivity index (χ1) is 24.3. The number of aromatic nitrogens is 3. The van der Waals surface area contributed by atoms with E-state index in [1.807, 2.05) is 34.4 Å². The molecule has 7 aromatic carbocycles. The number of fused-ring (bicyclic) bond motifs is 10. The van der Waals surface area contributed by atoms with Crippen LogP contribution in [0.5, 0.6) is 0 Å². The van der Waals surface area contributed by atoms with Gasteiger partial charge in [-0.05, 0) is 84.9 Å². The van der Waals surface area contributed by atoms with Crippen LogP contribution in [0, 0.1) is 0 Å². The Morgan fingerprint density at radius 2 is 0.837 bits per heavy atom. The van der Waals surface area contributed by atoms with Crippen molar-refractivity contribution >= 4 is 114 Å². The lowest BCUT2D eigenvalue weighted by Crippen LogP contribution is -2.17. The molecular formula is C42H24N4S3. The molecule has 49 heavy (non-hydrogen) atoms. The Labute approximate surface area is 292 Å². The fourth-order valence-corrected chi connectivity index (χ4v) is 11.3. The lowest BCUT2D eigenvalue weighted by Gasteiger charge is -2.34. The first kappa shape index (κ1) is 26.5. The zero-order valence-electron chi connectivity index (χ0n) is 25.9. The zero-order chi connectivity index (χ0) is 31.8. The first-order valence-corrected chi connectivity index (χ1v) is 18.8. The van der Waals surface area contributed by atoms with Crippen LogP contribution in [0.3, 0.4) is 0 Å². The second-order valence-corrected chi connectivity index (χ2v) is 15.9. The van der Waals surface area contributed by atoms with Crippen LogP contribution in [0.15, 0.2) is 155 Å². The number of hydrogen-bond acceptors (Lipinski definition) is 4. The number of rotatable bonds is 1. The van der Waals surface area contributed by atoms with Crippen molar-refractivity contribution in [1.82, 2.24) is 13.4 Å². The summed E-state index contributed by atoms with van der Waals surface area (Å²) < 4.78 is 12.7. The molecule has 7 heteroatoms. The lowest BCUT2D eigenvalue weighted by atomic mass is 10.1. The summed E-state index contributed by atoms with van der Waals surface area (Å²) in [7, 11) is 0. The Morgan fingerprint density at radius 1 is 0.388 bits per heavy atom. The van der Waals surface area contributed by atoms with Gasteiger partial charge in [-0.25, -0.2) is 0 Å². The van der Waals surface area contributed by atoms with Gasteiger partial charge in [0, 0.05) is 9.79 Å². The van der Waals surface area contributed by atoms with Gasteiger partial charge in [0.25, 0.3) is 0 Å². The van der Waals surface area contributed by atoms with E-state index in [0.29, 0.717) is 0 Å². The maximum atomic E-state index is 2.54. The molecule has 12 rings (SSSR count). The molecule has 230 valence electrons. The average Bonchev–Trinajstić information content (AvgIpc) is 3.15. The van der Waals surface area contributed by atoms with Crippen LogP contribution in [0.4, 0.5) is 17.1 Å². The molecule has 0 aliphatic carbocycles. The van der Waals surface area contributed by atoms with E-state index in [9.17, 15) is 0 Å². The second-order valence-electron chi connectivity index (χ2n) is 12.6. The van der Waals surface area contributed by atoms with Crippen molar-refractivity contribution in [2.75, 3.05) is 4.90 Å². The fourth-order valence-electron chi connectivity index (χ4n) is 8.07. The monoisotopic (exact) mass is 680 g/mol. The molecule has 0 fully saturated rings. The Hall–Kier alpha value is -5.47. The molecule has 0 saturated heterocycles. The van der Waals surface area contributed by atoms with Gasteiger partial charge in [0.05, 0.1) is 85.7 Å². The van der Waals surface area contributed by atoms with E-state index in [1.54, 1.807) is 0 Å². The minimum absolute atomic E-state index is 1.14. The van der Waals surface area contributed by atoms with Crippen molar-refractivity contribution < 1.29 is 0 Å². The lowest BCUT2D eigenvalue weighted by molar-refractivity contribution is 1.09. The summed E-state index contributed by atoms with van der Waals surface area (Å²) >= 11 is 5.59. The molecule has 9 aromatic rings. The zero-order valence-corrected chi connectivity index (χ0v) is 28.3. The van der Waals surface area contributed by atoms with Crippen molar-refractivity contribution in [3.05, 3.63) is 146 Å². The van der Waals surface area contributed by atoms with E-state index in [0.717, 1.165) is 5.69 Å². The highest BCUT2D eigenvalue weighted by atomic mass is 32.2. The third-order valence-electron chi connectivity index (χ3n) is 9.99. The minimum Gasteiger partial charge on any atom is -0.308 e. The molecule has 4 nitrogen and oxygen atoms in total. The predicted octanol–water partition coefficient (Wildman–Crippen LogP) is 12.8. The molecule has 3 aliphatic rings. The van der Waals surface area contributed by atoms with Crippen LogP contribution in [0.25, 0.3) is 68.6 Å². The van der Waals surface area contributed by atoms with Crippen LogP contribution in [0.2, 0.25) is 0 Å². The molecule has 0 spiro atoms. The molecule has 0 saturated carbocycles. The molecule has 2 aromatic heterocycles. The minimum atomic E-state index is 1.14. The van der Waals surface area contributed by atoms with Gasteiger partial charge < -0.3 is 18.3 Å². The van der Waals surface area contributed by atoms with Crippen LogP contribution in [-0.2, 0) is 0 Å². The Bertz CT molecular complexity index is 2960. The van der Waals surface area contributed by atoms with Gasteiger partial charge in [-0.3, -0.25) is 0 Å². The van der Waals surface area contributed by atoms with E-state index < -0.39 is 0 Å². The summed E-state index contributed by atoms with van der Waals surface area (Å²) in [5.41, 5.74) is 14.5. The maximum Gasteiger partial charge on any atom is 0.0949 e. The third-order valence-corrected chi connectivity index (χ3v) is 13.3. The van der Waals surface area contributed by atoms with E-state index in [2.05, 4.69) is 164 Å². The van der Waals surface area contributed by atoms with Crippen LogP contribution >= 0.6 is 34.4 Å². The second kappa shape index (κ2) is 9.57. The topological polar surface area (TPSA) is 17.0 Å². The van der Waals surface area contributed by atoms with Crippen LogP contribution < -0.4 is 4.90 Å². The van der Waals surface area contributed by atoms with E-state index >= 15 is 0 Å². The smallest absolute Gasteiger partial charge is 0.0949 e. The molecule has 0 atom stereocenters. The number of anilines is 3. The SMILES string of the molecule is c1ccc2c(c1)Sc1ccccc1N2c1cc2c3c(c1)n1c4ccccc4sc4cccc(c41)n-3c1cccc3sc4ccccc4n2c31. The molecular weight excluding hydrogens is 657 g/mol.